The maximum atomic E-state index is 13.1. The summed E-state index contributed by atoms with van der Waals surface area (Å²) in [6.45, 7) is 3.47. The highest BCUT2D eigenvalue weighted by molar-refractivity contribution is 5.86. The van der Waals surface area contributed by atoms with Gasteiger partial charge in [-0.1, -0.05) is 19.3 Å². The molecule has 0 bridgehead atoms. The van der Waals surface area contributed by atoms with Crippen LogP contribution in [-0.4, -0.2) is 49.0 Å². The molecule has 8 heteroatoms. The number of aryl methyl sites for hydroxylation is 1. The molecule has 4 N–H and O–H groups in total. The minimum Gasteiger partial charge on any atom is -0.341 e. The molecule has 164 valence electrons. The number of nitrogens with zero attached hydrogens (tertiary/aromatic N) is 4. The number of carbonyl (C=O) groups is 1. The summed E-state index contributed by atoms with van der Waals surface area (Å²) in [6, 6.07) is 6.03. The Kier molecular flexibility index (Phi) is 5.17. The second-order valence-electron chi connectivity index (χ2n) is 9.16. The molecule has 0 atom stereocenters. The fraction of sp³-hybridized carbons (Fsp3) is 0.522. The van der Waals surface area contributed by atoms with Crippen molar-refractivity contribution in [1.29, 1.82) is 0 Å². The van der Waals surface area contributed by atoms with Crippen LogP contribution in [0, 0.1) is 6.92 Å². The number of rotatable bonds is 4. The number of nitrogens with two attached hydrogens (primary N) is 1. The number of likely N-dealkylation sites (tertiary alicyclic amines) is 1. The standard InChI is InChI=1S/C23H31N7O/c1-16-14-20(28-27-16)26-21-19-6-5-11-30(19)15-18(25-21)17-7-12-29(13-8-17)22(31)23(24)9-3-2-4-10-23/h5-6,11,14-15,17H,2-4,7-10,12-13,24H2,1H3,(H2,25,26,27,28). The zero-order valence-electron chi connectivity index (χ0n) is 18.1. The Morgan fingerprint density at radius 3 is 2.74 bits per heavy atom. The molecule has 0 radical (unpaired) electrons. The number of amides is 1. The maximum absolute atomic E-state index is 13.1. The van der Waals surface area contributed by atoms with E-state index in [0.717, 1.165) is 80.2 Å². The number of aromatic nitrogens is 4. The van der Waals surface area contributed by atoms with Crippen LogP contribution in [0.2, 0.25) is 0 Å². The summed E-state index contributed by atoms with van der Waals surface area (Å²) in [7, 11) is 0. The lowest BCUT2D eigenvalue weighted by Crippen LogP contribution is -2.57. The van der Waals surface area contributed by atoms with Crippen LogP contribution in [-0.2, 0) is 4.79 Å². The molecule has 0 spiro atoms. The van der Waals surface area contributed by atoms with Gasteiger partial charge in [0.25, 0.3) is 0 Å². The third-order valence-corrected chi connectivity index (χ3v) is 6.86. The van der Waals surface area contributed by atoms with E-state index in [2.05, 4.69) is 26.1 Å². The molecular weight excluding hydrogens is 390 g/mol. The van der Waals surface area contributed by atoms with E-state index in [0.29, 0.717) is 5.92 Å². The maximum Gasteiger partial charge on any atom is 0.242 e. The van der Waals surface area contributed by atoms with Gasteiger partial charge in [0.05, 0.1) is 16.7 Å². The molecule has 3 aromatic heterocycles. The van der Waals surface area contributed by atoms with Crippen LogP contribution in [0.3, 0.4) is 0 Å². The number of H-pyrrole nitrogens is 1. The molecule has 8 nitrogen and oxygen atoms in total. The molecule has 2 aliphatic rings. The smallest absolute Gasteiger partial charge is 0.242 e. The van der Waals surface area contributed by atoms with Crippen molar-refractivity contribution < 1.29 is 4.79 Å². The van der Waals surface area contributed by atoms with Crippen LogP contribution in [0.25, 0.3) is 5.52 Å². The number of hydrogen-bond donors (Lipinski definition) is 3. The molecule has 1 saturated carbocycles. The molecule has 31 heavy (non-hydrogen) atoms. The second-order valence-corrected chi connectivity index (χ2v) is 9.16. The van der Waals surface area contributed by atoms with E-state index < -0.39 is 5.54 Å². The normalized spacial score (nSPS) is 19.6. The Hall–Kier alpha value is -2.87. The highest BCUT2D eigenvalue weighted by atomic mass is 16.2. The minimum atomic E-state index is -0.647. The molecule has 1 saturated heterocycles. The Labute approximate surface area is 182 Å². The van der Waals surface area contributed by atoms with Crippen LogP contribution in [0.4, 0.5) is 11.6 Å². The van der Waals surface area contributed by atoms with Crippen molar-refractivity contribution in [2.45, 2.75) is 63.3 Å². The van der Waals surface area contributed by atoms with Gasteiger partial charge in [0.15, 0.2) is 11.6 Å². The number of carbonyl (C=O) groups excluding carboxylic acids is 1. The zero-order valence-corrected chi connectivity index (χ0v) is 18.1. The van der Waals surface area contributed by atoms with Crippen molar-refractivity contribution in [3.63, 3.8) is 0 Å². The van der Waals surface area contributed by atoms with Crippen LogP contribution in [0.15, 0.2) is 30.6 Å². The Balaban J connectivity index is 1.32. The molecule has 0 unspecified atom stereocenters. The second kappa shape index (κ2) is 8.00. The predicted molar refractivity (Wildman–Crippen MR) is 120 cm³/mol. The molecule has 5 rings (SSSR count). The Morgan fingerprint density at radius 2 is 2.03 bits per heavy atom. The summed E-state index contributed by atoms with van der Waals surface area (Å²) in [5, 5.41) is 10.6. The van der Waals surface area contributed by atoms with E-state index in [1.54, 1.807) is 0 Å². The topological polar surface area (TPSA) is 104 Å². The lowest BCUT2D eigenvalue weighted by molar-refractivity contribution is -0.139. The van der Waals surface area contributed by atoms with E-state index in [1.165, 1.54) is 6.42 Å². The first-order valence-electron chi connectivity index (χ1n) is 11.4. The molecule has 1 aliphatic heterocycles. The molecular formula is C23H31N7O. The van der Waals surface area contributed by atoms with Crippen molar-refractivity contribution in [1.82, 2.24) is 24.5 Å². The van der Waals surface area contributed by atoms with Crippen molar-refractivity contribution in [3.05, 3.63) is 42.0 Å². The zero-order chi connectivity index (χ0) is 21.4. The quantitative estimate of drug-likeness (QED) is 0.598. The highest BCUT2D eigenvalue weighted by Crippen LogP contribution is 2.33. The van der Waals surface area contributed by atoms with Gasteiger partial charge in [-0.2, -0.15) is 5.10 Å². The van der Waals surface area contributed by atoms with Crippen LogP contribution < -0.4 is 11.1 Å². The molecule has 3 aromatic rings. The van der Waals surface area contributed by atoms with E-state index in [4.69, 9.17) is 10.7 Å². The van der Waals surface area contributed by atoms with Crippen molar-refractivity contribution >= 4 is 23.1 Å². The fourth-order valence-corrected chi connectivity index (χ4v) is 5.05. The highest BCUT2D eigenvalue weighted by Gasteiger charge is 2.39. The van der Waals surface area contributed by atoms with E-state index >= 15 is 0 Å². The first-order valence-corrected chi connectivity index (χ1v) is 11.4. The third-order valence-electron chi connectivity index (χ3n) is 6.86. The third kappa shape index (κ3) is 3.92. The van der Waals surface area contributed by atoms with Crippen molar-refractivity contribution in [2.24, 2.45) is 5.73 Å². The largest absolute Gasteiger partial charge is 0.341 e. The molecule has 2 fully saturated rings. The van der Waals surface area contributed by atoms with Gasteiger partial charge in [-0.3, -0.25) is 9.89 Å². The monoisotopic (exact) mass is 421 g/mol. The summed E-state index contributed by atoms with van der Waals surface area (Å²) >= 11 is 0. The molecule has 1 aliphatic carbocycles. The Bertz CT molecular complexity index is 1070. The lowest BCUT2D eigenvalue weighted by Gasteiger charge is -2.40. The first kappa shape index (κ1) is 20.1. The molecule has 0 aromatic carbocycles. The van der Waals surface area contributed by atoms with Gasteiger partial charge in [-0.25, -0.2) is 4.98 Å². The van der Waals surface area contributed by atoms with Gasteiger partial charge in [0, 0.05) is 43.2 Å². The number of anilines is 2. The SMILES string of the molecule is Cc1cc(Nc2nc(C3CCN(C(=O)C4(N)CCCCC4)CC3)cn3cccc23)n[nH]1. The van der Waals surface area contributed by atoms with Crippen LogP contribution >= 0.6 is 0 Å². The number of aromatic amines is 1. The fourth-order valence-electron chi connectivity index (χ4n) is 5.05. The number of nitrogens with one attached hydrogen (secondary N) is 2. The van der Waals surface area contributed by atoms with Gasteiger partial charge >= 0.3 is 0 Å². The van der Waals surface area contributed by atoms with Gasteiger partial charge < -0.3 is 20.4 Å². The first-order chi connectivity index (χ1) is 15.0. The van der Waals surface area contributed by atoms with Gasteiger partial charge in [-0.05, 0) is 44.7 Å². The lowest BCUT2D eigenvalue weighted by atomic mass is 9.81. The van der Waals surface area contributed by atoms with Crippen LogP contribution in [0.5, 0.6) is 0 Å². The molecule has 1 amide bonds. The van der Waals surface area contributed by atoms with Crippen LogP contribution in [0.1, 0.15) is 62.3 Å². The number of fused-ring (bicyclic) bond motifs is 1. The van der Waals surface area contributed by atoms with E-state index in [1.807, 2.05) is 36.2 Å². The molecule has 4 heterocycles. The minimum absolute atomic E-state index is 0.149. The van der Waals surface area contributed by atoms with Gasteiger partial charge in [-0.15, -0.1) is 0 Å². The van der Waals surface area contributed by atoms with Crippen molar-refractivity contribution in [2.75, 3.05) is 18.4 Å². The number of piperidine rings is 1. The summed E-state index contributed by atoms with van der Waals surface area (Å²) < 4.78 is 2.11. The van der Waals surface area contributed by atoms with E-state index in [-0.39, 0.29) is 5.91 Å². The Morgan fingerprint density at radius 1 is 1.26 bits per heavy atom. The summed E-state index contributed by atoms with van der Waals surface area (Å²) in [6.07, 6.45) is 10.9. The summed E-state index contributed by atoms with van der Waals surface area (Å²) in [5.41, 5.74) is 8.91. The van der Waals surface area contributed by atoms with E-state index in [9.17, 15) is 4.79 Å². The van der Waals surface area contributed by atoms with Crippen molar-refractivity contribution in [3.8, 4) is 0 Å². The summed E-state index contributed by atoms with van der Waals surface area (Å²) in [5.74, 6) is 2.02. The predicted octanol–water partition coefficient (Wildman–Crippen LogP) is 3.48. The summed E-state index contributed by atoms with van der Waals surface area (Å²) in [4.78, 5) is 20.0. The average Bonchev–Trinajstić information content (AvgIpc) is 3.42. The number of hydrogen-bond acceptors (Lipinski definition) is 5. The van der Waals surface area contributed by atoms with Gasteiger partial charge in [0.2, 0.25) is 5.91 Å². The average molecular weight is 422 g/mol. The van der Waals surface area contributed by atoms with Gasteiger partial charge in [0.1, 0.15) is 0 Å².